The fourth-order valence-corrected chi connectivity index (χ4v) is 1.70. The van der Waals surface area contributed by atoms with Crippen molar-refractivity contribution >= 4 is 0 Å². The topological polar surface area (TPSA) is 69.4 Å². The molecule has 1 aromatic rings. The van der Waals surface area contributed by atoms with Gasteiger partial charge in [0.2, 0.25) is 5.89 Å². The molecule has 1 N–H and O–H groups in total. The maximum atomic E-state index is 5.36. The third kappa shape index (κ3) is 4.07. The van der Waals surface area contributed by atoms with Gasteiger partial charge < -0.3 is 19.3 Å². The van der Waals surface area contributed by atoms with Gasteiger partial charge in [0.1, 0.15) is 6.61 Å². The quantitative estimate of drug-likeness (QED) is 0.733. The number of rotatable bonds is 6. The van der Waals surface area contributed by atoms with E-state index in [9.17, 15) is 0 Å². The molecule has 2 heterocycles. The molecule has 0 saturated carbocycles. The summed E-state index contributed by atoms with van der Waals surface area (Å²) in [5.41, 5.74) is 0. The summed E-state index contributed by atoms with van der Waals surface area (Å²) in [7, 11) is 0. The minimum Gasteiger partial charge on any atom is -0.378 e. The van der Waals surface area contributed by atoms with Crippen molar-refractivity contribution in [3.63, 3.8) is 0 Å². The molecule has 0 aliphatic carbocycles. The van der Waals surface area contributed by atoms with Crippen molar-refractivity contribution in [3.05, 3.63) is 11.7 Å². The largest absolute Gasteiger partial charge is 0.378 e. The van der Waals surface area contributed by atoms with E-state index in [0.29, 0.717) is 31.3 Å². The molecular weight excluding hydrogens is 222 g/mol. The number of hydrogen-bond acceptors (Lipinski definition) is 6. The lowest BCUT2D eigenvalue weighted by Crippen LogP contribution is -2.42. The molecule has 1 saturated heterocycles. The van der Waals surface area contributed by atoms with Crippen molar-refractivity contribution in [2.75, 3.05) is 26.4 Å². The zero-order valence-corrected chi connectivity index (χ0v) is 10.1. The van der Waals surface area contributed by atoms with Gasteiger partial charge in [-0.05, 0) is 6.42 Å². The van der Waals surface area contributed by atoms with Gasteiger partial charge in [-0.15, -0.1) is 0 Å². The zero-order chi connectivity index (χ0) is 11.9. The van der Waals surface area contributed by atoms with Crippen LogP contribution in [0, 0.1) is 0 Å². The van der Waals surface area contributed by atoms with E-state index in [1.165, 1.54) is 0 Å². The van der Waals surface area contributed by atoms with Crippen LogP contribution in [0.4, 0.5) is 0 Å². The SMILES string of the molecule is CCCOCc1noc(CC2COCCN2)n1. The van der Waals surface area contributed by atoms with Crippen LogP contribution in [0.1, 0.15) is 25.1 Å². The monoisotopic (exact) mass is 241 g/mol. The van der Waals surface area contributed by atoms with E-state index in [4.69, 9.17) is 14.0 Å². The lowest BCUT2D eigenvalue weighted by atomic mass is 10.2. The predicted octanol–water partition coefficient (Wildman–Crippen LogP) is 0.527. The number of morpholine rings is 1. The van der Waals surface area contributed by atoms with E-state index < -0.39 is 0 Å². The number of nitrogens with zero attached hydrogens (tertiary/aromatic N) is 2. The second-order valence-corrected chi connectivity index (χ2v) is 4.09. The first-order chi connectivity index (χ1) is 8.38. The van der Waals surface area contributed by atoms with Crippen LogP contribution in [0.2, 0.25) is 0 Å². The lowest BCUT2D eigenvalue weighted by Gasteiger charge is -2.22. The molecule has 1 fully saturated rings. The van der Waals surface area contributed by atoms with Gasteiger partial charge in [0, 0.05) is 25.6 Å². The molecule has 1 unspecified atom stereocenters. The van der Waals surface area contributed by atoms with Crippen LogP contribution in [0.15, 0.2) is 4.52 Å². The predicted molar refractivity (Wildman–Crippen MR) is 60.6 cm³/mol. The van der Waals surface area contributed by atoms with Crippen LogP contribution < -0.4 is 5.32 Å². The summed E-state index contributed by atoms with van der Waals surface area (Å²) in [6.07, 6.45) is 1.70. The highest BCUT2D eigenvalue weighted by Crippen LogP contribution is 2.05. The molecule has 0 amide bonds. The average Bonchev–Trinajstić information content (AvgIpc) is 2.79. The van der Waals surface area contributed by atoms with E-state index in [0.717, 1.165) is 26.2 Å². The van der Waals surface area contributed by atoms with E-state index in [-0.39, 0.29) is 6.04 Å². The fraction of sp³-hybridized carbons (Fsp3) is 0.818. The Labute approximate surface area is 101 Å². The Balaban J connectivity index is 1.76. The summed E-state index contributed by atoms with van der Waals surface area (Å²) < 4.78 is 15.9. The lowest BCUT2D eigenvalue weighted by molar-refractivity contribution is 0.0744. The molecule has 0 radical (unpaired) electrons. The van der Waals surface area contributed by atoms with Gasteiger partial charge in [0.05, 0.1) is 13.2 Å². The highest BCUT2D eigenvalue weighted by atomic mass is 16.5. The third-order valence-electron chi connectivity index (χ3n) is 2.51. The van der Waals surface area contributed by atoms with E-state index in [1.807, 2.05) is 0 Å². The molecular formula is C11H19N3O3. The number of hydrogen-bond donors (Lipinski definition) is 1. The zero-order valence-electron chi connectivity index (χ0n) is 10.1. The number of aromatic nitrogens is 2. The summed E-state index contributed by atoms with van der Waals surface area (Å²) in [5, 5.41) is 7.22. The molecule has 96 valence electrons. The van der Waals surface area contributed by atoms with Crippen molar-refractivity contribution in [2.24, 2.45) is 0 Å². The van der Waals surface area contributed by atoms with Gasteiger partial charge in [-0.25, -0.2) is 0 Å². The first-order valence-electron chi connectivity index (χ1n) is 6.09. The van der Waals surface area contributed by atoms with Gasteiger partial charge in [-0.3, -0.25) is 0 Å². The van der Waals surface area contributed by atoms with Crippen molar-refractivity contribution < 1.29 is 14.0 Å². The van der Waals surface area contributed by atoms with E-state index >= 15 is 0 Å². The van der Waals surface area contributed by atoms with Crippen LogP contribution in [0.3, 0.4) is 0 Å². The Morgan fingerprint density at radius 2 is 2.47 bits per heavy atom. The minimum absolute atomic E-state index is 0.272. The van der Waals surface area contributed by atoms with Crippen LogP contribution in [-0.2, 0) is 22.5 Å². The molecule has 6 heteroatoms. The smallest absolute Gasteiger partial charge is 0.228 e. The molecule has 1 aliphatic rings. The second-order valence-electron chi connectivity index (χ2n) is 4.09. The standard InChI is InChI=1S/C11H19N3O3/c1-2-4-15-8-10-13-11(17-14-10)6-9-7-16-5-3-12-9/h9,12H,2-8H2,1H3. The maximum absolute atomic E-state index is 5.36. The summed E-state index contributed by atoms with van der Waals surface area (Å²) in [6, 6.07) is 0.272. The summed E-state index contributed by atoms with van der Waals surface area (Å²) in [5.74, 6) is 1.26. The molecule has 1 aromatic heterocycles. The van der Waals surface area contributed by atoms with Crippen LogP contribution in [0.25, 0.3) is 0 Å². The highest BCUT2D eigenvalue weighted by molar-refractivity contribution is 4.89. The Kier molecular flexibility index (Phi) is 4.90. The maximum Gasteiger partial charge on any atom is 0.228 e. The molecule has 0 bridgehead atoms. The summed E-state index contributed by atoms with van der Waals surface area (Å²) in [4.78, 5) is 4.28. The van der Waals surface area contributed by atoms with Gasteiger partial charge in [-0.2, -0.15) is 4.98 Å². The van der Waals surface area contributed by atoms with Gasteiger partial charge in [0.15, 0.2) is 5.82 Å². The number of ether oxygens (including phenoxy) is 2. The Morgan fingerprint density at radius 1 is 1.53 bits per heavy atom. The van der Waals surface area contributed by atoms with E-state index in [2.05, 4.69) is 22.4 Å². The van der Waals surface area contributed by atoms with E-state index in [1.54, 1.807) is 0 Å². The molecule has 0 spiro atoms. The molecule has 0 aromatic carbocycles. The van der Waals surface area contributed by atoms with Gasteiger partial charge in [0.25, 0.3) is 0 Å². The van der Waals surface area contributed by atoms with Gasteiger partial charge >= 0.3 is 0 Å². The third-order valence-corrected chi connectivity index (χ3v) is 2.51. The molecule has 2 rings (SSSR count). The summed E-state index contributed by atoms with van der Waals surface area (Å²) >= 11 is 0. The molecule has 6 nitrogen and oxygen atoms in total. The molecule has 1 atom stereocenters. The van der Waals surface area contributed by atoms with Gasteiger partial charge in [-0.1, -0.05) is 12.1 Å². The van der Waals surface area contributed by atoms with Crippen molar-refractivity contribution in [2.45, 2.75) is 32.4 Å². The molecule has 17 heavy (non-hydrogen) atoms. The Hall–Kier alpha value is -0.980. The van der Waals surface area contributed by atoms with Crippen LogP contribution >= 0.6 is 0 Å². The minimum atomic E-state index is 0.272. The summed E-state index contributed by atoms with van der Waals surface area (Å²) in [6.45, 7) is 5.57. The van der Waals surface area contributed by atoms with Crippen LogP contribution in [0.5, 0.6) is 0 Å². The Bertz CT molecular complexity index is 324. The second kappa shape index (κ2) is 6.68. The fourth-order valence-electron chi connectivity index (χ4n) is 1.70. The molecule has 1 aliphatic heterocycles. The number of nitrogens with one attached hydrogen (secondary N) is 1. The Morgan fingerprint density at radius 3 is 3.24 bits per heavy atom. The van der Waals surface area contributed by atoms with Crippen molar-refractivity contribution in [1.82, 2.24) is 15.5 Å². The first kappa shape index (κ1) is 12.5. The first-order valence-corrected chi connectivity index (χ1v) is 6.09. The van der Waals surface area contributed by atoms with Crippen molar-refractivity contribution in [3.8, 4) is 0 Å². The normalized spacial score (nSPS) is 20.6. The van der Waals surface area contributed by atoms with Crippen molar-refractivity contribution in [1.29, 1.82) is 0 Å². The average molecular weight is 241 g/mol. The highest BCUT2D eigenvalue weighted by Gasteiger charge is 2.17. The van der Waals surface area contributed by atoms with Crippen LogP contribution in [-0.4, -0.2) is 42.5 Å².